The second-order valence-electron chi connectivity index (χ2n) is 5.09. The van der Waals surface area contributed by atoms with Gasteiger partial charge in [-0.25, -0.2) is 4.79 Å². The summed E-state index contributed by atoms with van der Waals surface area (Å²) in [4.78, 5) is 34.2. The van der Waals surface area contributed by atoms with E-state index < -0.39 is 11.9 Å². The molecule has 0 radical (unpaired) electrons. The smallest absolute Gasteiger partial charge is 0.321 e. The molecule has 1 aliphatic rings. The van der Waals surface area contributed by atoms with Crippen molar-refractivity contribution in [1.82, 2.24) is 16.0 Å². The zero-order valence-electron chi connectivity index (χ0n) is 12.6. The molecule has 3 N–H and O–H groups in total. The minimum absolute atomic E-state index is 0.00249. The molecular formula is C14H25N3O4. The first-order chi connectivity index (χ1) is 10.1. The fourth-order valence-electron chi connectivity index (χ4n) is 2.26. The van der Waals surface area contributed by atoms with Crippen LogP contribution in [0.1, 0.15) is 45.4 Å². The topological polar surface area (TPSA) is 96.5 Å². The van der Waals surface area contributed by atoms with Crippen molar-refractivity contribution in [1.29, 1.82) is 0 Å². The van der Waals surface area contributed by atoms with Gasteiger partial charge in [-0.05, 0) is 19.8 Å². The zero-order chi connectivity index (χ0) is 15.5. The number of carbonyl (C=O) groups excluding carboxylic acids is 3. The van der Waals surface area contributed by atoms with Crippen LogP contribution in [0.2, 0.25) is 0 Å². The molecule has 0 aromatic rings. The highest BCUT2D eigenvalue weighted by Crippen LogP contribution is 2.16. The van der Waals surface area contributed by atoms with Gasteiger partial charge in [0.2, 0.25) is 5.91 Å². The van der Waals surface area contributed by atoms with E-state index in [0.29, 0.717) is 13.2 Å². The first kappa shape index (κ1) is 17.4. The maximum atomic E-state index is 11.6. The number of imide groups is 1. The third-order valence-electron chi connectivity index (χ3n) is 3.29. The molecule has 120 valence electrons. The van der Waals surface area contributed by atoms with Gasteiger partial charge in [0, 0.05) is 12.6 Å². The standard InChI is InChI=1S/C14H25N3O4/c1-2-21-13(19)8-9-15-10-12(18)17-14(20)16-11-6-4-3-5-7-11/h11,15H,2-10H2,1H3,(H2,16,17,18,20). The van der Waals surface area contributed by atoms with Gasteiger partial charge in [0.15, 0.2) is 0 Å². The van der Waals surface area contributed by atoms with Crippen LogP contribution in [-0.2, 0) is 14.3 Å². The van der Waals surface area contributed by atoms with Gasteiger partial charge in [-0.2, -0.15) is 0 Å². The van der Waals surface area contributed by atoms with Crippen molar-refractivity contribution in [2.24, 2.45) is 0 Å². The summed E-state index contributed by atoms with van der Waals surface area (Å²) in [7, 11) is 0. The molecule has 1 aliphatic carbocycles. The van der Waals surface area contributed by atoms with E-state index in [1.165, 1.54) is 6.42 Å². The number of hydrogen-bond acceptors (Lipinski definition) is 5. The molecule has 0 unspecified atom stereocenters. The molecule has 1 fully saturated rings. The van der Waals surface area contributed by atoms with E-state index in [1.54, 1.807) is 6.92 Å². The second-order valence-corrected chi connectivity index (χ2v) is 5.09. The maximum Gasteiger partial charge on any atom is 0.321 e. The van der Waals surface area contributed by atoms with E-state index in [4.69, 9.17) is 4.74 Å². The summed E-state index contributed by atoms with van der Waals surface area (Å²) >= 11 is 0. The average Bonchev–Trinajstić information content (AvgIpc) is 2.45. The van der Waals surface area contributed by atoms with Crippen molar-refractivity contribution in [2.75, 3.05) is 19.7 Å². The Balaban J connectivity index is 2.06. The van der Waals surface area contributed by atoms with Crippen molar-refractivity contribution >= 4 is 17.9 Å². The summed E-state index contributed by atoms with van der Waals surface area (Å²) in [5.74, 6) is -0.715. The SMILES string of the molecule is CCOC(=O)CCNCC(=O)NC(=O)NC1CCCCC1. The number of esters is 1. The lowest BCUT2D eigenvalue weighted by Crippen LogP contribution is -2.47. The molecule has 7 heteroatoms. The summed E-state index contributed by atoms with van der Waals surface area (Å²) in [6.45, 7) is 2.43. The van der Waals surface area contributed by atoms with Crippen LogP contribution in [0.3, 0.4) is 0 Å². The van der Waals surface area contributed by atoms with Crippen molar-refractivity contribution in [3.05, 3.63) is 0 Å². The minimum Gasteiger partial charge on any atom is -0.466 e. The second kappa shape index (κ2) is 10.1. The molecule has 0 aromatic heterocycles. The lowest BCUT2D eigenvalue weighted by atomic mass is 9.96. The Labute approximate surface area is 125 Å². The summed E-state index contributed by atoms with van der Waals surface area (Å²) in [5, 5.41) is 7.87. The maximum absolute atomic E-state index is 11.6. The van der Waals surface area contributed by atoms with Gasteiger partial charge in [-0.3, -0.25) is 14.9 Å². The van der Waals surface area contributed by atoms with Gasteiger partial charge < -0.3 is 15.4 Å². The molecule has 0 saturated heterocycles. The largest absolute Gasteiger partial charge is 0.466 e. The molecule has 0 heterocycles. The quantitative estimate of drug-likeness (QED) is 0.475. The third-order valence-corrected chi connectivity index (χ3v) is 3.29. The number of ether oxygens (including phenoxy) is 1. The van der Waals surface area contributed by atoms with Crippen LogP contribution < -0.4 is 16.0 Å². The van der Waals surface area contributed by atoms with Gasteiger partial charge in [-0.1, -0.05) is 19.3 Å². The molecule has 1 saturated carbocycles. The Hall–Kier alpha value is -1.63. The lowest BCUT2D eigenvalue weighted by Gasteiger charge is -2.22. The predicted molar refractivity (Wildman–Crippen MR) is 77.7 cm³/mol. The van der Waals surface area contributed by atoms with Crippen LogP contribution in [0.4, 0.5) is 4.79 Å². The molecule has 3 amide bonds. The summed E-state index contributed by atoms with van der Waals surface area (Å²) in [6, 6.07) is -0.276. The molecule has 0 aromatic carbocycles. The van der Waals surface area contributed by atoms with E-state index in [2.05, 4.69) is 16.0 Å². The fraction of sp³-hybridized carbons (Fsp3) is 0.786. The van der Waals surface area contributed by atoms with Crippen LogP contribution in [0.25, 0.3) is 0 Å². The lowest BCUT2D eigenvalue weighted by molar-refractivity contribution is -0.143. The first-order valence-corrected chi connectivity index (χ1v) is 7.58. The van der Waals surface area contributed by atoms with Crippen molar-refractivity contribution in [3.63, 3.8) is 0 Å². The highest BCUT2D eigenvalue weighted by atomic mass is 16.5. The Morgan fingerprint density at radius 3 is 2.52 bits per heavy atom. The highest BCUT2D eigenvalue weighted by molar-refractivity contribution is 5.95. The molecule has 0 bridgehead atoms. The van der Waals surface area contributed by atoms with Gasteiger partial charge in [0.05, 0.1) is 19.6 Å². The number of urea groups is 1. The molecule has 1 rings (SSSR count). The predicted octanol–water partition coefficient (Wildman–Crippen LogP) is 0.688. The van der Waals surface area contributed by atoms with Gasteiger partial charge in [-0.15, -0.1) is 0 Å². The normalized spacial score (nSPS) is 15.3. The molecule has 0 atom stereocenters. The monoisotopic (exact) mass is 299 g/mol. The van der Waals surface area contributed by atoms with Crippen molar-refractivity contribution in [2.45, 2.75) is 51.5 Å². The van der Waals surface area contributed by atoms with Crippen LogP contribution in [-0.4, -0.2) is 43.6 Å². The fourth-order valence-corrected chi connectivity index (χ4v) is 2.26. The third kappa shape index (κ3) is 8.29. The van der Waals surface area contributed by atoms with Crippen molar-refractivity contribution < 1.29 is 19.1 Å². The van der Waals surface area contributed by atoms with Crippen LogP contribution in [0, 0.1) is 0 Å². The van der Waals surface area contributed by atoms with Crippen LogP contribution in [0.5, 0.6) is 0 Å². The van der Waals surface area contributed by atoms with E-state index >= 15 is 0 Å². The molecular weight excluding hydrogens is 274 g/mol. The number of hydrogen-bond donors (Lipinski definition) is 3. The molecule has 21 heavy (non-hydrogen) atoms. The Morgan fingerprint density at radius 2 is 1.86 bits per heavy atom. The van der Waals surface area contributed by atoms with E-state index in [0.717, 1.165) is 25.7 Å². The number of rotatable bonds is 7. The summed E-state index contributed by atoms with van der Waals surface area (Å²) in [6.07, 6.45) is 5.60. The molecule has 0 spiro atoms. The number of carbonyl (C=O) groups is 3. The highest BCUT2D eigenvalue weighted by Gasteiger charge is 2.16. The van der Waals surface area contributed by atoms with Crippen LogP contribution >= 0.6 is 0 Å². The average molecular weight is 299 g/mol. The van der Waals surface area contributed by atoms with E-state index in [1.807, 2.05) is 0 Å². The summed E-state index contributed by atoms with van der Waals surface area (Å²) in [5.41, 5.74) is 0. The van der Waals surface area contributed by atoms with Gasteiger partial charge in [0.25, 0.3) is 0 Å². The number of amides is 3. The number of nitrogens with one attached hydrogen (secondary N) is 3. The minimum atomic E-state index is -0.445. The Kier molecular flexibility index (Phi) is 8.42. The van der Waals surface area contributed by atoms with E-state index in [-0.39, 0.29) is 25.0 Å². The Bertz CT molecular complexity index is 354. The van der Waals surface area contributed by atoms with Gasteiger partial charge >= 0.3 is 12.0 Å². The molecule has 0 aliphatic heterocycles. The van der Waals surface area contributed by atoms with E-state index in [9.17, 15) is 14.4 Å². The van der Waals surface area contributed by atoms with Gasteiger partial charge in [0.1, 0.15) is 0 Å². The Morgan fingerprint density at radius 1 is 1.14 bits per heavy atom. The van der Waals surface area contributed by atoms with Crippen molar-refractivity contribution in [3.8, 4) is 0 Å². The first-order valence-electron chi connectivity index (χ1n) is 7.58. The van der Waals surface area contributed by atoms with Crippen LogP contribution in [0.15, 0.2) is 0 Å². The summed E-state index contributed by atoms with van der Waals surface area (Å²) < 4.78 is 4.75. The zero-order valence-corrected chi connectivity index (χ0v) is 12.6. The molecule has 7 nitrogen and oxygen atoms in total.